The van der Waals surface area contributed by atoms with E-state index in [1.54, 1.807) is 40.7 Å². The molecule has 0 spiro atoms. The molecule has 21 heavy (non-hydrogen) atoms. The van der Waals surface area contributed by atoms with Crippen molar-refractivity contribution >= 4 is 0 Å². The molecule has 0 atom stereocenters. The number of nitrogens with zero attached hydrogens (tertiary/aromatic N) is 2. The largest absolute Gasteiger partial charge is 0.493 e. The molecule has 1 heterocycles. The number of benzene rings is 1. The van der Waals surface area contributed by atoms with Gasteiger partial charge in [0, 0.05) is 26.0 Å². The molecule has 112 valence electrons. The maximum atomic E-state index is 5.29. The lowest BCUT2D eigenvalue weighted by atomic mass is 10.2. The second-order valence-corrected chi connectivity index (χ2v) is 4.18. The van der Waals surface area contributed by atoms with Gasteiger partial charge in [-0.15, -0.1) is 0 Å². The summed E-state index contributed by atoms with van der Waals surface area (Å²) in [5.74, 6) is 1.84. The van der Waals surface area contributed by atoms with Crippen LogP contribution in [0, 0.1) is 0 Å². The van der Waals surface area contributed by atoms with Crippen molar-refractivity contribution in [3.05, 3.63) is 36.2 Å². The Morgan fingerprint density at radius 1 is 0.905 bits per heavy atom. The van der Waals surface area contributed by atoms with Crippen LogP contribution >= 0.6 is 0 Å². The first-order valence-electron chi connectivity index (χ1n) is 6.34. The van der Waals surface area contributed by atoms with Crippen molar-refractivity contribution < 1.29 is 18.9 Å². The normalized spacial score (nSPS) is 10.7. The minimum Gasteiger partial charge on any atom is -0.493 e. The van der Waals surface area contributed by atoms with Crippen LogP contribution in [0.3, 0.4) is 0 Å². The Balaban J connectivity index is 2.40. The van der Waals surface area contributed by atoms with Gasteiger partial charge < -0.3 is 18.9 Å². The first-order valence-corrected chi connectivity index (χ1v) is 6.34. The molecule has 0 amide bonds. The molecule has 0 bridgehead atoms. The zero-order valence-electron chi connectivity index (χ0n) is 12.5. The molecule has 0 saturated carbocycles. The van der Waals surface area contributed by atoms with Crippen molar-refractivity contribution in [1.29, 1.82) is 0 Å². The maximum absolute atomic E-state index is 5.29. The Bertz CT molecular complexity index is 600. The number of hydrogen-bond acceptors (Lipinski definition) is 6. The van der Waals surface area contributed by atoms with E-state index in [2.05, 4.69) is 9.97 Å². The molecule has 0 saturated heterocycles. The van der Waals surface area contributed by atoms with Crippen LogP contribution in [-0.4, -0.2) is 38.4 Å². The van der Waals surface area contributed by atoms with Crippen molar-refractivity contribution in [2.24, 2.45) is 0 Å². The van der Waals surface area contributed by atoms with Crippen molar-refractivity contribution in [2.45, 2.75) is 6.29 Å². The van der Waals surface area contributed by atoms with E-state index in [1.165, 1.54) is 0 Å². The summed E-state index contributed by atoms with van der Waals surface area (Å²) in [7, 11) is 6.31. The molecule has 2 rings (SSSR count). The molecule has 0 aliphatic carbocycles. The highest BCUT2D eigenvalue weighted by atomic mass is 16.7. The summed E-state index contributed by atoms with van der Waals surface area (Å²) in [5.41, 5.74) is 1.47. The van der Waals surface area contributed by atoms with E-state index in [9.17, 15) is 0 Å². The standard InChI is InChI=1S/C15H18N2O4/c1-18-12-6-5-10(9-13(12)19-2)14-16-8-7-11(17-14)15(20-3)21-4/h5-9,15H,1-4H3. The Labute approximate surface area is 123 Å². The van der Waals surface area contributed by atoms with Gasteiger partial charge >= 0.3 is 0 Å². The summed E-state index contributed by atoms with van der Waals surface area (Å²) < 4.78 is 20.9. The minimum absolute atomic E-state index is 0.521. The third-order valence-corrected chi connectivity index (χ3v) is 2.99. The van der Waals surface area contributed by atoms with Crippen LogP contribution in [0.1, 0.15) is 12.0 Å². The third-order valence-electron chi connectivity index (χ3n) is 2.99. The average molecular weight is 290 g/mol. The fourth-order valence-corrected chi connectivity index (χ4v) is 1.96. The predicted octanol–water partition coefficient (Wildman–Crippen LogP) is 2.45. The number of rotatable bonds is 6. The Morgan fingerprint density at radius 2 is 1.62 bits per heavy atom. The predicted molar refractivity (Wildman–Crippen MR) is 77.3 cm³/mol. The summed E-state index contributed by atoms with van der Waals surface area (Å²) in [5, 5.41) is 0. The highest BCUT2D eigenvalue weighted by Gasteiger charge is 2.13. The Morgan fingerprint density at radius 3 is 2.24 bits per heavy atom. The second-order valence-electron chi connectivity index (χ2n) is 4.18. The SMILES string of the molecule is COc1ccc(-c2nccc(C(OC)OC)n2)cc1OC. The molecule has 0 N–H and O–H groups in total. The summed E-state index contributed by atoms with van der Waals surface area (Å²) in [6, 6.07) is 7.26. The maximum Gasteiger partial charge on any atom is 0.200 e. The van der Waals surface area contributed by atoms with Gasteiger partial charge in [0.2, 0.25) is 6.29 Å². The highest BCUT2D eigenvalue weighted by Crippen LogP contribution is 2.31. The molecular weight excluding hydrogens is 272 g/mol. The molecule has 0 unspecified atom stereocenters. The van der Waals surface area contributed by atoms with Crippen LogP contribution in [0.15, 0.2) is 30.5 Å². The van der Waals surface area contributed by atoms with Crippen LogP contribution in [-0.2, 0) is 9.47 Å². The van der Waals surface area contributed by atoms with Gasteiger partial charge in [0.05, 0.1) is 14.2 Å². The molecule has 2 aromatic rings. The molecule has 0 radical (unpaired) electrons. The van der Waals surface area contributed by atoms with E-state index in [1.807, 2.05) is 18.2 Å². The zero-order valence-corrected chi connectivity index (χ0v) is 12.5. The quantitative estimate of drug-likeness (QED) is 0.761. The molecule has 0 aliphatic rings. The second kappa shape index (κ2) is 7.01. The van der Waals surface area contributed by atoms with E-state index in [0.717, 1.165) is 5.56 Å². The van der Waals surface area contributed by atoms with Crippen molar-refractivity contribution in [2.75, 3.05) is 28.4 Å². The van der Waals surface area contributed by atoms with Crippen LogP contribution in [0.25, 0.3) is 11.4 Å². The van der Waals surface area contributed by atoms with Crippen LogP contribution in [0.5, 0.6) is 11.5 Å². The van der Waals surface area contributed by atoms with Crippen molar-refractivity contribution in [3.63, 3.8) is 0 Å². The van der Waals surface area contributed by atoms with Gasteiger partial charge in [-0.2, -0.15) is 0 Å². The fourth-order valence-electron chi connectivity index (χ4n) is 1.96. The minimum atomic E-state index is -0.521. The molecule has 1 aromatic carbocycles. The van der Waals surface area contributed by atoms with Crippen LogP contribution < -0.4 is 9.47 Å². The molecule has 6 nitrogen and oxygen atoms in total. The van der Waals surface area contributed by atoms with E-state index in [4.69, 9.17) is 18.9 Å². The topological polar surface area (TPSA) is 62.7 Å². The van der Waals surface area contributed by atoms with Gasteiger partial charge in [0.1, 0.15) is 5.69 Å². The lowest BCUT2D eigenvalue weighted by Gasteiger charge is -2.13. The summed E-state index contributed by atoms with van der Waals surface area (Å²) in [6.45, 7) is 0. The Kier molecular flexibility index (Phi) is 5.08. The number of ether oxygens (including phenoxy) is 4. The van der Waals surface area contributed by atoms with Crippen molar-refractivity contribution in [1.82, 2.24) is 9.97 Å². The van der Waals surface area contributed by atoms with Crippen LogP contribution in [0.4, 0.5) is 0 Å². The number of hydrogen-bond donors (Lipinski definition) is 0. The van der Waals surface area contributed by atoms with E-state index < -0.39 is 6.29 Å². The van der Waals surface area contributed by atoms with Gasteiger partial charge in [-0.05, 0) is 24.3 Å². The van der Waals surface area contributed by atoms with Gasteiger partial charge in [-0.1, -0.05) is 0 Å². The summed E-state index contributed by atoms with van der Waals surface area (Å²) in [6.07, 6.45) is 1.14. The van der Waals surface area contributed by atoms with Gasteiger partial charge in [0.15, 0.2) is 17.3 Å². The van der Waals surface area contributed by atoms with E-state index >= 15 is 0 Å². The van der Waals surface area contributed by atoms with E-state index in [0.29, 0.717) is 23.0 Å². The average Bonchev–Trinajstić information content (AvgIpc) is 2.55. The molecule has 0 aliphatic heterocycles. The fraction of sp³-hybridized carbons (Fsp3) is 0.333. The monoisotopic (exact) mass is 290 g/mol. The molecule has 6 heteroatoms. The molecule has 0 fully saturated rings. The smallest absolute Gasteiger partial charge is 0.200 e. The van der Waals surface area contributed by atoms with E-state index in [-0.39, 0.29) is 0 Å². The van der Waals surface area contributed by atoms with Gasteiger partial charge in [-0.25, -0.2) is 9.97 Å². The number of methoxy groups -OCH3 is 4. The lowest BCUT2D eigenvalue weighted by molar-refractivity contribution is -0.108. The third kappa shape index (κ3) is 3.29. The zero-order chi connectivity index (χ0) is 15.2. The summed E-state index contributed by atoms with van der Waals surface area (Å²) >= 11 is 0. The summed E-state index contributed by atoms with van der Waals surface area (Å²) in [4.78, 5) is 8.73. The number of aromatic nitrogens is 2. The highest BCUT2D eigenvalue weighted by molar-refractivity contribution is 5.61. The molecule has 1 aromatic heterocycles. The Hall–Kier alpha value is -2.18. The van der Waals surface area contributed by atoms with Crippen LogP contribution in [0.2, 0.25) is 0 Å². The first-order chi connectivity index (χ1) is 10.2. The van der Waals surface area contributed by atoms with Crippen molar-refractivity contribution in [3.8, 4) is 22.9 Å². The van der Waals surface area contributed by atoms with Gasteiger partial charge in [-0.3, -0.25) is 0 Å². The first kappa shape index (κ1) is 15.2. The lowest BCUT2D eigenvalue weighted by Crippen LogP contribution is -2.07. The molecular formula is C15H18N2O4. The van der Waals surface area contributed by atoms with Gasteiger partial charge in [0.25, 0.3) is 0 Å².